The van der Waals surface area contributed by atoms with E-state index >= 15 is 0 Å². The number of amides is 1. The summed E-state index contributed by atoms with van der Waals surface area (Å²) in [7, 11) is -0.348. The minimum atomic E-state index is -3.11. The Labute approximate surface area is 139 Å². The molecule has 2 rings (SSSR count). The fraction of sp³-hybridized carbons (Fsp3) is 0.467. The number of nitrogens with zero attached hydrogens (tertiary/aromatic N) is 1. The van der Waals surface area contributed by atoms with Crippen LogP contribution in [-0.2, 0) is 19.4 Å². The number of carbonyl (C=O) groups is 2. The lowest BCUT2D eigenvalue weighted by atomic mass is 10.2. The lowest BCUT2D eigenvalue weighted by molar-refractivity contribution is -0.134. The summed E-state index contributed by atoms with van der Waals surface area (Å²) in [4.78, 5) is 25.1. The van der Waals surface area contributed by atoms with Gasteiger partial charge < -0.3 is 14.4 Å². The molecule has 0 aromatic heterocycles. The maximum Gasteiger partial charge on any atom is 0.338 e. The molecule has 1 unspecified atom stereocenters. The summed E-state index contributed by atoms with van der Waals surface area (Å²) in [5, 5.41) is 0. The van der Waals surface area contributed by atoms with Crippen molar-refractivity contribution in [1.82, 2.24) is 4.90 Å². The van der Waals surface area contributed by atoms with E-state index in [-0.39, 0.29) is 22.8 Å². The molecule has 0 bridgehead atoms. The van der Waals surface area contributed by atoms with Crippen LogP contribution < -0.4 is 4.74 Å². The molecule has 1 aliphatic heterocycles. The minimum Gasteiger partial charge on any atom is -0.494 e. The van der Waals surface area contributed by atoms with Crippen molar-refractivity contribution in [3.63, 3.8) is 0 Å². The average molecular weight is 359 g/mol. The van der Waals surface area contributed by atoms with Gasteiger partial charge >= 0.3 is 5.97 Å². The van der Waals surface area contributed by atoms with Gasteiger partial charge in [-0.15, -0.1) is 0 Å². The van der Waals surface area contributed by atoms with Gasteiger partial charge in [-0.1, -0.05) is 0 Å². The van der Waals surface area contributed by atoms with Gasteiger partial charge in [0.25, 0.3) is 5.91 Å². The van der Waals surface area contributed by atoms with Crippen LogP contribution in [0.5, 0.6) is 5.75 Å². The van der Waals surface area contributed by atoms with E-state index in [0.717, 1.165) is 6.07 Å². The molecule has 1 aromatic carbocycles. The van der Waals surface area contributed by atoms with Crippen LogP contribution in [0.25, 0.3) is 0 Å². The zero-order chi connectivity index (χ0) is 17.9. The van der Waals surface area contributed by atoms with Gasteiger partial charge in [0.1, 0.15) is 0 Å². The Morgan fingerprint density at radius 1 is 1.38 bits per heavy atom. The maximum atomic E-state index is 13.6. The summed E-state index contributed by atoms with van der Waals surface area (Å²) < 4.78 is 46.0. The number of ether oxygens (including phenoxy) is 2. The number of rotatable bonds is 5. The molecule has 1 atom stereocenters. The predicted molar refractivity (Wildman–Crippen MR) is 83.1 cm³/mol. The molecule has 1 aromatic rings. The van der Waals surface area contributed by atoms with Crippen LogP contribution in [0.1, 0.15) is 16.8 Å². The highest BCUT2D eigenvalue weighted by Gasteiger charge is 2.32. The zero-order valence-corrected chi connectivity index (χ0v) is 14.1. The lowest BCUT2D eigenvalue weighted by Crippen LogP contribution is -2.40. The van der Waals surface area contributed by atoms with Gasteiger partial charge in [-0.25, -0.2) is 17.6 Å². The van der Waals surface area contributed by atoms with Crippen LogP contribution in [0.15, 0.2) is 18.2 Å². The summed E-state index contributed by atoms with van der Waals surface area (Å²) in [6.07, 6.45) is 0.363. The van der Waals surface area contributed by atoms with E-state index in [9.17, 15) is 22.4 Å². The van der Waals surface area contributed by atoms with E-state index in [1.54, 1.807) is 0 Å². The monoisotopic (exact) mass is 359 g/mol. The highest BCUT2D eigenvalue weighted by molar-refractivity contribution is 7.91. The first kappa shape index (κ1) is 18.2. The molecule has 1 heterocycles. The van der Waals surface area contributed by atoms with Gasteiger partial charge in [-0.2, -0.15) is 0 Å². The quantitative estimate of drug-likeness (QED) is 0.717. The second-order valence-electron chi connectivity index (χ2n) is 5.49. The Hall–Kier alpha value is -2.16. The van der Waals surface area contributed by atoms with Crippen molar-refractivity contribution in [2.24, 2.45) is 0 Å². The van der Waals surface area contributed by atoms with Crippen molar-refractivity contribution in [3.8, 4) is 5.75 Å². The normalized spacial score (nSPS) is 18.9. The minimum absolute atomic E-state index is 0.00944. The number of likely N-dealkylation sites (N-methyl/N-ethyl adjacent to an activating group) is 1. The van der Waals surface area contributed by atoms with Crippen LogP contribution in [0.4, 0.5) is 4.39 Å². The van der Waals surface area contributed by atoms with Crippen LogP contribution in [0.3, 0.4) is 0 Å². The molecular weight excluding hydrogens is 341 g/mol. The fourth-order valence-electron chi connectivity index (χ4n) is 2.39. The van der Waals surface area contributed by atoms with E-state index in [1.165, 1.54) is 31.2 Å². The number of hydrogen-bond acceptors (Lipinski definition) is 6. The number of esters is 1. The standard InChI is InChI=1S/C15H18FNO6S/c1-17(11-5-6-24(20,21)9-11)14(18)8-23-15(19)10-3-4-13(22-2)12(16)7-10/h3-4,7,11H,5-6,8-9H2,1-2H3. The summed E-state index contributed by atoms with van der Waals surface area (Å²) >= 11 is 0. The number of sulfone groups is 1. The second-order valence-corrected chi connectivity index (χ2v) is 7.72. The molecule has 0 saturated carbocycles. The van der Waals surface area contributed by atoms with Gasteiger partial charge in [0, 0.05) is 13.1 Å². The van der Waals surface area contributed by atoms with Gasteiger partial charge in [-0.05, 0) is 24.6 Å². The molecular formula is C15H18FNO6S. The molecule has 0 N–H and O–H groups in total. The Kier molecular flexibility index (Phi) is 5.43. The molecule has 7 nitrogen and oxygen atoms in total. The van der Waals surface area contributed by atoms with Crippen LogP contribution in [-0.4, -0.2) is 63.5 Å². The SMILES string of the molecule is COc1ccc(C(=O)OCC(=O)N(C)C2CCS(=O)(=O)C2)cc1F. The molecule has 24 heavy (non-hydrogen) atoms. The lowest BCUT2D eigenvalue weighted by Gasteiger charge is -2.23. The van der Waals surface area contributed by atoms with Crippen LogP contribution in [0, 0.1) is 5.82 Å². The molecule has 132 valence electrons. The molecule has 1 fully saturated rings. The largest absolute Gasteiger partial charge is 0.494 e. The maximum absolute atomic E-state index is 13.6. The zero-order valence-electron chi connectivity index (χ0n) is 13.3. The second kappa shape index (κ2) is 7.16. The van der Waals surface area contributed by atoms with Gasteiger partial charge in [0.2, 0.25) is 0 Å². The molecule has 0 aliphatic carbocycles. The summed E-state index contributed by atoms with van der Waals surface area (Å²) in [6, 6.07) is 3.14. The van der Waals surface area contributed by atoms with E-state index in [2.05, 4.69) is 0 Å². The fourth-order valence-corrected chi connectivity index (χ4v) is 4.16. The third kappa shape index (κ3) is 4.22. The first-order chi connectivity index (χ1) is 11.2. The molecule has 0 radical (unpaired) electrons. The van der Waals surface area contributed by atoms with Crippen molar-refractivity contribution in [2.45, 2.75) is 12.5 Å². The van der Waals surface area contributed by atoms with Crippen LogP contribution in [0.2, 0.25) is 0 Å². The third-order valence-corrected chi connectivity index (χ3v) is 5.61. The smallest absolute Gasteiger partial charge is 0.338 e. The number of carbonyl (C=O) groups excluding carboxylic acids is 2. The number of hydrogen-bond donors (Lipinski definition) is 0. The molecule has 0 spiro atoms. The average Bonchev–Trinajstić information content (AvgIpc) is 2.91. The molecule has 1 aliphatic rings. The predicted octanol–water partition coefficient (Wildman–Crippen LogP) is 0.637. The first-order valence-corrected chi connectivity index (χ1v) is 9.02. The highest BCUT2D eigenvalue weighted by atomic mass is 32.2. The topological polar surface area (TPSA) is 90.0 Å². The number of methoxy groups -OCH3 is 1. The summed E-state index contributed by atoms with van der Waals surface area (Å²) in [6.45, 7) is -0.542. The molecule has 1 amide bonds. The van der Waals surface area contributed by atoms with Gasteiger partial charge in [0.05, 0.1) is 24.2 Å². The number of benzene rings is 1. The Morgan fingerprint density at radius 3 is 2.62 bits per heavy atom. The van der Waals surface area contributed by atoms with Crippen molar-refractivity contribution in [3.05, 3.63) is 29.6 Å². The van der Waals surface area contributed by atoms with E-state index < -0.39 is 40.2 Å². The first-order valence-electron chi connectivity index (χ1n) is 7.20. The Balaban J connectivity index is 1.91. The summed E-state index contributed by atoms with van der Waals surface area (Å²) in [5.41, 5.74) is -0.0489. The summed E-state index contributed by atoms with van der Waals surface area (Å²) in [5.74, 6) is -2.14. The van der Waals surface area contributed by atoms with Crippen molar-refractivity contribution in [1.29, 1.82) is 0 Å². The highest BCUT2D eigenvalue weighted by Crippen LogP contribution is 2.19. The van der Waals surface area contributed by atoms with E-state index in [4.69, 9.17) is 9.47 Å². The van der Waals surface area contributed by atoms with Crippen molar-refractivity contribution in [2.75, 3.05) is 32.3 Å². The molecule has 9 heteroatoms. The van der Waals surface area contributed by atoms with Crippen LogP contribution >= 0.6 is 0 Å². The Bertz CT molecular complexity index is 748. The number of halogens is 1. The van der Waals surface area contributed by atoms with E-state index in [0.29, 0.717) is 6.42 Å². The van der Waals surface area contributed by atoms with Crippen molar-refractivity contribution >= 4 is 21.7 Å². The third-order valence-electron chi connectivity index (χ3n) is 3.86. The Morgan fingerprint density at radius 2 is 2.08 bits per heavy atom. The molecule has 1 saturated heterocycles. The van der Waals surface area contributed by atoms with Gasteiger partial charge in [0.15, 0.2) is 28.0 Å². The van der Waals surface area contributed by atoms with Crippen molar-refractivity contribution < 1.29 is 31.9 Å². The van der Waals surface area contributed by atoms with E-state index in [1.807, 2.05) is 0 Å². The van der Waals surface area contributed by atoms with Gasteiger partial charge in [-0.3, -0.25) is 4.79 Å².